The van der Waals surface area contributed by atoms with Crippen molar-refractivity contribution in [2.24, 2.45) is 0 Å². The van der Waals surface area contributed by atoms with Crippen LogP contribution in [-0.4, -0.2) is 0 Å². The summed E-state index contributed by atoms with van der Waals surface area (Å²) in [7, 11) is 0. The Bertz CT molecular complexity index is 4050. The van der Waals surface area contributed by atoms with E-state index in [1.54, 1.807) is 0 Å². The monoisotopic (exact) mass is 1150 g/mol. The van der Waals surface area contributed by atoms with E-state index in [0.29, 0.717) is 0 Å². The Hall–Kier alpha value is -10.9. The van der Waals surface area contributed by atoms with Crippen LogP contribution in [0.3, 0.4) is 0 Å². The van der Waals surface area contributed by atoms with Gasteiger partial charge in [0.05, 0.1) is 0 Å². The quantitative estimate of drug-likeness (QED) is 0.114. The summed E-state index contributed by atoms with van der Waals surface area (Å²) in [5, 5.41) is 0. The van der Waals surface area contributed by atoms with Gasteiger partial charge in [-0.15, -0.1) is 0 Å². The van der Waals surface area contributed by atoms with Crippen LogP contribution in [0.4, 0.5) is 0 Å². The number of benzene rings is 14. The molecule has 14 aromatic carbocycles. The lowest BCUT2D eigenvalue weighted by atomic mass is 9.58. The molecule has 0 saturated carbocycles. The maximum Gasteiger partial charge on any atom is 0.0153 e. The van der Waals surface area contributed by atoms with Crippen molar-refractivity contribution in [3.8, 4) is 134 Å². The average molecular weight is 1150 g/mol. The molecule has 0 aromatic heterocycles. The Labute approximate surface area is 530 Å². The molecule has 90 heavy (non-hydrogen) atoms. The normalized spacial score (nSPS) is 12.8. The van der Waals surface area contributed by atoms with E-state index < -0.39 is 10.8 Å². The Morgan fingerprint density at radius 3 is 0.389 bits per heavy atom. The molecule has 0 amide bonds. The van der Waals surface area contributed by atoms with E-state index in [4.69, 9.17) is 0 Å². The van der Waals surface area contributed by atoms with E-state index in [1.165, 1.54) is 156 Å². The highest BCUT2D eigenvalue weighted by Gasteiger charge is 2.43. The summed E-state index contributed by atoms with van der Waals surface area (Å²) >= 11 is 0. The van der Waals surface area contributed by atoms with Gasteiger partial charge in [-0.3, -0.25) is 0 Å². The summed E-state index contributed by atoms with van der Waals surface area (Å²) in [6.45, 7) is 9.91. The first-order valence-corrected chi connectivity index (χ1v) is 31.5. The smallest absolute Gasteiger partial charge is 0.0153 e. The summed E-state index contributed by atoms with van der Waals surface area (Å²) in [4.78, 5) is 0. The molecule has 0 bridgehead atoms. The van der Waals surface area contributed by atoms with Crippen LogP contribution in [0, 0.1) is 0 Å². The topological polar surface area (TPSA) is 0 Å². The zero-order chi connectivity index (χ0) is 60.8. The van der Waals surface area contributed by atoms with E-state index >= 15 is 0 Å². The molecule has 1 aliphatic carbocycles. The highest BCUT2D eigenvalue weighted by Crippen LogP contribution is 2.56. The minimum absolute atomic E-state index is 0.471. The van der Waals surface area contributed by atoms with Crippen LogP contribution in [-0.2, 0) is 10.8 Å². The van der Waals surface area contributed by atoms with Gasteiger partial charge in [0, 0.05) is 10.8 Å². The molecule has 0 nitrogen and oxygen atoms in total. The van der Waals surface area contributed by atoms with Gasteiger partial charge in [0.1, 0.15) is 0 Å². The minimum atomic E-state index is -0.471. The van der Waals surface area contributed by atoms with Gasteiger partial charge in [0.15, 0.2) is 0 Å². The van der Waals surface area contributed by atoms with E-state index in [9.17, 15) is 0 Å². The van der Waals surface area contributed by atoms with Gasteiger partial charge in [0.2, 0.25) is 0 Å². The van der Waals surface area contributed by atoms with Crippen molar-refractivity contribution in [1.29, 1.82) is 0 Å². The number of rotatable bonds is 12. The van der Waals surface area contributed by atoms with Crippen molar-refractivity contribution in [1.82, 2.24) is 0 Å². The van der Waals surface area contributed by atoms with Gasteiger partial charge in [-0.25, -0.2) is 0 Å². The third kappa shape index (κ3) is 10.6. The lowest BCUT2D eigenvalue weighted by Crippen LogP contribution is -2.37. The Morgan fingerprint density at radius 1 is 0.133 bits per heavy atom. The molecular formula is C90H68. The van der Waals surface area contributed by atoms with Crippen molar-refractivity contribution in [3.63, 3.8) is 0 Å². The van der Waals surface area contributed by atoms with Crippen molar-refractivity contribution < 1.29 is 0 Å². The number of hydrogen-bond donors (Lipinski definition) is 0. The molecule has 0 fully saturated rings. The SMILES string of the molecule is CC1(C)c2cc(-c3cc(-c4ccccc4)cc(-c4ccccc4)c3)c(-c3cc(-c4ccccc4)cc(-c4ccccc4)c3)cc2C(C)(C)c2cc(-c3cc(-c4ccccc4)cc(-c4ccccc4)c3)c(-c3cc(-c4ccccc4)cc(-c4ccccc4)c3)cc21. The highest BCUT2D eigenvalue weighted by atomic mass is 14.5. The molecule has 0 radical (unpaired) electrons. The maximum atomic E-state index is 2.60. The van der Waals surface area contributed by atoms with Crippen molar-refractivity contribution in [2.45, 2.75) is 38.5 Å². The summed E-state index contributed by atoms with van der Waals surface area (Å²) in [6.07, 6.45) is 0. The predicted octanol–water partition coefficient (Wildman–Crippen LogP) is 24.7. The van der Waals surface area contributed by atoms with E-state index in [1.807, 2.05) is 0 Å². The Kier molecular flexibility index (Phi) is 14.4. The second-order valence-electron chi connectivity index (χ2n) is 25.3. The summed E-state index contributed by atoms with van der Waals surface area (Å²) in [5.74, 6) is 0. The standard InChI is InChI=1S/C90H68/c1-89(2)85-57-81(77-49-69(61-29-13-5-14-30-61)45-70(50-77)62-31-15-6-16-32-62)83(79-53-73(65-37-21-9-22-38-65)47-74(54-79)66-39-23-10-24-40-66)59-87(85)90(3,4)88-60-84(80-55-75(67-41-25-11-26-42-67)48-76(56-80)68-43-27-12-28-44-68)82(58-86(88)89)78-51-71(63-33-17-7-18-34-63)46-72(52-78)64-35-19-8-20-36-64/h5-60H,1-4H3. The molecule has 15 rings (SSSR count). The Morgan fingerprint density at radius 2 is 0.256 bits per heavy atom. The second-order valence-corrected chi connectivity index (χ2v) is 25.3. The van der Waals surface area contributed by atoms with E-state index in [-0.39, 0.29) is 0 Å². The van der Waals surface area contributed by atoms with Gasteiger partial charge < -0.3 is 0 Å². The first kappa shape index (κ1) is 55.6. The molecule has 14 aromatic rings. The Balaban J connectivity index is 1.03. The van der Waals surface area contributed by atoms with Crippen molar-refractivity contribution >= 4 is 0 Å². The van der Waals surface area contributed by atoms with Crippen molar-refractivity contribution in [2.75, 3.05) is 0 Å². The molecule has 0 heterocycles. The predicted molar refractivity (Wildman–Crippen MR) is 382 cm³/mol. The first-order chi connectivity index (χ1) is 44.1. The van der Waals surface area contributed by atoms with E-state index in [2.05, 4.69) is 367 Å². The lowest BCUT2D eigenvalue weighted by Gasteiger charge is -2.45. The molecule has 0 unspecified atom stereocenters. The van der Waals surface area contributed by atoms with Crippen LogP contribution in [0.15, 0.2) is 340 Å². The second kappa shape index (κ2) is 23.3. The molecule has 0 aliphatic heterocycles. The third-order valence-electron chi connectivity index (χ3n) is 18.8. The zero-order valence-corrected chi connectivity index (χ0v) is 51.3. The average Bonchev–Trinajstić information content (AvgIpc) is 0.717. The fourth-order valence-corrected chi connectivity index (χ4v) is 14.0. The first-order valence-electron chi connectivity index (χ1n) is 31.5. The van der Waals surface area contributed by atoms with Gasteiger partial charge in [0.25, 0.3) is 0 Å². The largest absolute Gasteiger partial charge is 0.0622 e. The van der Waals surface area contributed by atoms with Gasteiger partial charge in [-0.05, 0) is 253 Å². The van der Waals surface area contributed by atoms with Crippen LogP contribution in [0.1, 0.15) is 49.9 Å². The molecule has 0 heteroatoms. The third-order valence-corrected chi connectivity index (χ3v) is 18.8. The highest BCUT2D eigenvalue weighted by molar-refractivity contribution is 5.96. The summed E-state index contributed by atoms with van der Waals surface area (Å²) in [6, 6.07) is 126. The van der Waals surface area contributed by atoms with Crippen LogP contribution >= 0.6 is 0 Å². The number of hydrogen-bond acceptors (Lipinski definition) is 0. The van der Waals surface area contributed by atoms with Crippen molar-refractivity contribution in [3.05, 3.63) is 362 Å². The maximum absolute atomic E-state index is 2.60. The van der Waals surface area contributed by atoms with Crippen LogP contribution in [0.25, 0.3) is 134 Å². The summed E-state index contributed by atoms with van der Waals surface area (Å²) < 4.78 is 0. The summed E-state index contributed by atoms with van der Waals surface area (Å²) in [5.41, 5.74) is 32.8. The van der Waals surface area contributed by atoms with Gasteiger partial charge >= 0.3 is 0 Å². The molecule has 0 N–H and O–H groups in total. The van der Waals surface area contributed by atoms with Gasteiger partial charge in [-0.2, -0.15) is 0 Å². The fraction of sp³-hybridized carbons (Fsp3) is 0.0667. The van der Waals surface area contributed by atoms with Crippen LogP contribution < -0.4 is 0 Å². The molecule has 0 atom stereocenters. The van der Waals surface area contributed by atoms with Crippen LogP contribution in [0.5, 0.6) is 0 Å². The molecular weight excluding hydrogens is 1080 g/mol. The molecule has 428 valence electrons. The fourth-order valence-electron chi connectivity index (χ4n) is 14.0. The van der Waals surface area contributed by atoms with E-state index in [0.717, 1.165) is 0 Å². The number of fused-ring (bicyclic) bond motifs is 2. The zero-order valence-electron chi connectivity index (χ0n) is 51.3. The molecule has 1 aliphatic rings. The molecule has 0 spiro atoms. The van der Waals surface area contributed by atoms with Gasteiger partial charge in [-0.1, -0.05) is 270 Å². The van der Waals surface area contributed by atoms with Crippen LogP contribution in [0.2, 0.25) is 0 Å². The molecule has 0 saturated heterocycles. The minimum Gasteiger partial charge on any atom is -0.0622 e. The lowest BCUT2D eigenvalue weighted by molar-refractivity contribution is 0.521.